The van der Waals surface area contributed by atoms with Crippen LogP contribution in [0.1, 0.15) is 29.6 Å². The molecule has 2 heterocycles. The molecule has 0 saturated carbocycles. The van der Waals surface area contributed by atoms with Gasteiger partial charge in [-0.2, -0.15) is 0 Å². The Bertz CT molecular complexity index is 491. The molecule has 1 aromatic rings. The SMILES string of the molecule is CN1CCC2(CC1)CC(=O)c1cc(N)ccc1O2. The molecular formula is C14H18N2O2. The molecule has 0 aromatic heterocycles. The fraction of sp³-hybridized carbons (Fsp3) is 0.500. The Morgan fingerprint density at radius 2 is 2.06 bits per heavy atom. The monoisotopic (exact) mass is 246 g/mol. The number of hydrogen-bond donors (Lipinski definition) is 1. The zero-order chi connectivity index (χ0) is 12.8. The predicted octanol–water partition coefficient (Wildman–Crippen LogP) is 1.70. The third-order valence-corrected chi connectivity index (χ3v) is 4.01. The number of nitrogen functional groups attached to an aromatic ring is 1. The minimum atomic E-state index is -0.285. The first-order valence-corrected chi connectivity index (χ1v) is 6.38. The van der Waals surface area contributed by atoms with E-state index in [1.54, 1.807) is 12.1 Å². The molecule has 0 bridgehead atoms. The van der Waals surface area contributed by atoms with Crippen LogP contribution in [0.15, 0.2) is 18.2 Å². The first-order chi connectivity index (χ1) is 8.58. The standard InChI is InChI=1S/C14H18N2O2/c1-16-6-4-14(5-7-16)9-12(17)11-8-10(15)2-3-13(11)18-14/h2-3,8H,4-7,9,15H2,1H3. The molecule has 0 aliphatic carbocycles. The lowest BCUT2D eigenvalue weighted by atomic mass is 9.82. The maximum Gasteiger partial charge on any atom is 0.170 e. The fourth-order valence-electron chi connectivity index (χ4n) is 2.82. The molecule has 2 aliphatic heterocycles. The lowest BCUT2D eigenvalue weighted by Crippen LogP contribution is -2.50. The zero-order valence-corrected chi connectivity index (χ0v) is 10.6. The summed E-state index contributed by atoms with van der Waals surface area (Å²) < 4.78 is 6.13. The normalized spacial score (nSPS) is 22.6. The van der Waals surface area contributed by atoms with Gasteiger partial charge in [-0.1, -0.05) is 0 Å². The third-order valence-electron chi connectivity index (χ3n) is 4.01. The van der Waals surface area contributed by atoms with Crippen molar-refractivity contribution in [3.05, 3.63) is 23.8 Å². The first kappa shape index (κ1) is 11.5. The van der Waals surface area contributed by atoms with Gasteiger partial charge in [0.05, 0.1) is 12.0 Å². The number of ether oxygens (including phenoxy) is 1. The highest BCUT2D eigenvalue weighted by Gasteiger charge is 2.42. The van der Waals surface area contributed by atoms with Crippen LogP contribution in [0, 0.1) is 0 Å². The summed E-state index contributed by atoms with van der Waals surface area (Å²) in [5, 5.41) is 0. The van der Waals surface area contributed by atoms with Crippen molar-refractivity contribution in [2.45, 2.75) is 24.9 Å². The van der Waals surface area contributed by atoms with Crippen LogP contribution in [0.2, 0.25) is 0 Å². The molecule has 2 aliphatic rings. The molecular weight excluding hydrogens is 228 g/mol. The molecule has 18 heavy (non-hydrogen) atoms. The summed E-state index contributed by atoms with van der Waals surface area (Å²) in [6.07, 6.45) is 2.31. The number of benzene rings is 1. The largest absolute Gasteiger partial charge is 0.486 e. The highest BCUT2D eigenvalue weighted by molar-refractivity contribution is 6.01. The Hall–Kier alpha value is -1.55. The smallest absolute Gasteiger partial charge is 0.170 e. The van der Waals surface area contributed by atoms with Gasteiger partial charge in [-0.25, -0.2) is 0 Å². The summed E-state index contributed by atoms with van der Waals surface area (Å²) in [5.41, 5.74) is 6.69. The predicted molar refractivity (Wildman–Crippen MR) is 69.9 cm³/mol. The lowest BCUT2D eigenvalue weighted by Gasteiger charge is -2.43. The second kappa shape index (κ2) is 3.99. The number of rotatable bonds is 0. The Labute approximate surface area is 107 Å². The number of piperidine rings is 1. The van der Waals surface area contributed by atoms with E-state index in [1.165, 1.54) is 0 Å². The van der Waals surface area contributed by atoms with Crippen LogP contribution < -0.4 is 10.5 Å². The third kappa shape index (κ3) is 1.86. The van der Waals surface area contributed by atoms with Crippen molar-refractivity contribution in [3.8, 4) is 5.75 Å². The number of anilines is 1. The van der Waals surface area contributed by atoms with E-state index < -0.39 is 0 Å². The van der Waals surface area contributed by atoms with Crippen LogP contribution in [-0.2, 0) is 0 Å². The van der Waals surface area contributed by atoms with E-state index in [2.05, 4.69) is 11.9 Å². The molecule has 0 unspecified atom stereocenters. The Balaban J connectivity index is 1.92. The number of nitrogens with two attached hydrogens (primary N) is 1. The van der Waals surface area contributed by atoms with E-state index in [1.807, 2.05) is 6.07 Å². The second-order valence-corrected chi connectivity index (χ2v) is 5.44. The van der Waals surface area contributed by atoms with Crippen molar-refractivity contribution in [3.63, 3.8) is 0 Å². The number of ketones is 1. The van der Waals surface area contributed by atoms with Crippen molar-refractivity contribution in [2.24, 2.45) is 0 Å². The zero-order valence-electron chi connectivity index (χ0n) is 10.6. The molecule has 4 heteroatoms. The maximum atomic E-state index is 12.2. The van der Waals surface area contributed by atoms with Gasteiger partial charge in [-0.15, -0.1) is 0 Å². The molecule has 1 fully saturated rings. The van der Waals surface area contributed by atoms with Gasteiger partial charge < -0.3 is 15.4 Å². The van der Waals surface area contributed by atoms with E-state index in [4.69, 9.17) is 10.5 Å². The lowest BCUT2D eigenvalue weighted by molar-refractivity contribution is -0.00365. The van der Waals surface area contributed by atoms with Gasteiger partial charge in [0, 0.05) is 31.6 Å². The molecule has 4 nitrogen and oxygen atoms in total. The molecule has 0 amide bonds. The maximum absolute atomic E-state index is 12.2. The summed E-state index contributed by atoms with van der Waals surface area (Å²) >= 11 is 0. The fourth-order valence-corrected chi connectivity index (χ4v) is 2.82. The Kier molecular flexibility index (Phi) is 2.55. The van der Waals surface area contributed by atoms with E-state index in [0.717, 1.165) is 25.9 Å². The summed E-state index contributed by atoms with van der Waals surface area (Å²) in [5.74, 6) is 0.859. The number of Topliss-reactive ketones (excluding diaryl/α,β-unsaturated/α-hetero) is 1. The van der Waals surface area contributed by atoms with Crippen molar-refractivity contribution in [2.75, 3.05) is 25.9 Å². The number of hydrogen-bond acceptors (Lipinski definition) is 4. The molecule has 1 spiro atoms. The molecule has 0 atom stereocenters. The molecule has 96 valence electrons. The summed E-state index contributed by atoms with van der Waals surface area (Å²) in [4.78, 5) is 14.5. The number of carbonyl (C=O) groups is 1. The van der Waals surface area contributed by atoms with Crippen LogP contribution in [0.3, 0.4) is 0 Å². The summed E-state index contributed by atoms with van der Waals surface area (Å²) in [6.45, 7) is 1.97. The second-order valence-electron chi connectivity index (χ2n) is 5.44. The van der Waals surface area contributed by atoms with Gasteiger partial charge in [0.1, 0.15) is 11.4 Å². The van der Waals surface area contributed by atoms with Crippen LogP contribution in [-0.4, -0.2) is 36.4 Å². The topological polar surface area (TPSA) is 55.6 Å². The average molecular weight is 246 g/mol. The quantitative estimate of drug-likeness (QED) is 0.708. The first-order valence-electron chi connectivity index (χ1n) is 6.38. The summed E-state index contributed by atoms with van der Waals surface area (Å²) in [6, 6.07) is 5.33. The van der Waals surface area contributed by atoms with Crippen molar-refractivity contribution < 1.29 is 9.53 Å². The van der Waals surface area contributed by atoms with Gasteiger partial charge in [0.25, 0.3) is 0 Å². The van der Waals surface area contributed by atoms with E-state index in [-0.39, 0.29) is 11.4 Å². The number of carbonyl (C=O) groups excluding carboxylic acids is 1. The van der Waals surface area contributed by atoms with E-state index in [0.29, 0.717) is 23.4 Å². The van der Waals surface area contributed by atoms with Crippen molar-refractivity contribution >= 4 is 11.5 Å². The molecule has 2 N–H and O–H groups in total. The molecule has 0 radical (unpaired) electrons. The number of likely N-dealkylation sites (tertiary alicyclic amines) is 1. The van der Waals surface area contributed by atoms with Crippen molar-refractivity contribution in [1.82, 2.24) is 4.90 Å². The van der Waals surface area contributed by atoms with Crippen molar-refractivity contribution in [1.29, 1.82) is 0 Å². The van der Waals surface area contributed by atoms with Gasteiger partial charge in [-0.3, -0.25) is 4.79 Å². The van der Waals surface area contributed by atoms with Gasteiger partial charge >= 0.3 is 0 Å². The summed E-state index contributed by atoms with van der Waals surface area (Å²) in [7, 11) is 2.10. The van der Waals surface area contributed by atoms with E-state index in [9.17, 15) is 4.79 Å². The Morgan fingerprint density at radius 1 is 1.33 bits per heavy atom. The molecule has 1 aromatic carbocycles. The number of nitrogens with zero attached hydrogens (tertiary/aromatic N) is 1. The minimum Gasteiger partial charge on any atom is -0.486 e. The highest BCUT2D eigenvalue weighted by Crippen LogP contribution is 2.39. The molecule has 3 rings (SSSR count). The average Bonchev–Trinajstić information content (AvgIpc) is 2.35. The van der Waals surface area contributed by atoms with Crippen LogP contribution >= 0.6 is 0 Å². The van der Waals surface area contributed by atoms with Gasteiger partial charge in [0.2, 0.25) is 0 Å². The Morgan fingerprint density at radius 3 is 2.78 bits per heavy atom. The van der Waals surface area contributed by atoms with Crippen LogP contribution in [0.25, 0.3) is 0 Å². The van der Waals surface area contributed by atoms with Crippen LogP contribution in [0.5, 0.6) is 5.75 Å². The molecule has 1 saturated heterocycles. The highest BCUT2D eigenvalue weighted by atomic mass is 16.5. The van der Waals surface area contributed by atoms with Gasteiger partial charge in [0.15, 0.2) is 5.78 Å². The number of fused-ring (bicyclic) bond motifs is 1. The minimum absolute atomic E-state index is 0.160. The van der Waals surface area contributed by atoms with E-state index >= 15 is 0 Å². The van der Waals surface area contributed by atoms with Crippen LogP contribution in [0.4, 0.5) is 5.69 Å². The van der Waals surface area contributed by atoms with Gasteiger partial charge in [-0.05, 0) is 25.2 Å².